The lowest BCUT2D eigenvalue weighted by Crippen LogP contribution is -2.30. The normalized spacial score (nSPS) is 17.8. The highest BCUT2D eigenvalue weighted by molar-refractivity contribution is 8.06. The molecule has 1 aliphatic rings. The fourth-order valence-corrected chi connectivity index (χ4v) is 6.25. The van der Waals surface area contributed by atoms with Gasteiger partial charge in [0, 0.05) is 10.8 Å². The summed E-state index contributed by atoms with van der Waals surface area (Å²) in [5.41, 5.74) is 0.497. The molecule has 8 nitrogen and oxygen atoms in total. The summed E-state index contributed by atoms with van der Waals surface area (Å²) in [7, 11) is -8.59. The number of ether oxygens (including phenoxy) is 1. The summed E-state index contributed by atoms with van der Waals surface area (Å²) in [4.78, 5) is 15.3. The van der Waals surface area contributed by atoms with E-state index in [4.69, 9.17) is 9.57 Å². The summed E-state index contributed by atoms with van der Waals surface area (Å²) in [6.45, 7) is 0.963. The molecule has 1 heterocycles. The summed E-state index contributed by atoms with van der Waals surface area (Å²) in [5, 5.41) is 0. The van der Waals surface area contributed by atoms with Crippen molar-refractivity contribution in [3.63, 3.8) is 0 Å². The van der Waals surface area contributed by atoms with E-state index < -0.39 is 26.0 Å². The molecular weight excluding hydrogens is 370 g/mol. The number of esters is 1. The predicted molar refractivity (Wildman–Crippen MR) is 85.2 cm³/mol. The second-order valence-corrected chi connectivity index (χ2v) is 8.81. The number of hydrogen-bond acceptors (Lipinski definition) is 7. The standard InChI is InChI=1S/C15H13NO7S2/c1-11(17)23-13-8-6-12(7-9-13)10-22-16-24(18,19)14-4-2-3-5-15(14)25(16,20)21/h2-9H,10H2,1H3. The van der Waals surface area contributed by atoms with Gasteiger partial charge in [-0.05, 0) is 29.8 Å². The Morgan fingerprint density at radius 1 is 0.920 bits per heavy atom. The van der Waals surface area contributed by atoms with Gasteiger partial charge in [-0.3, -0.25) is 9.63 Å². The molecule has 132 valence electrons. The Morgan fingerprint density at radius 3 is 1.92 bits per heavy atom. The number of fused-ring (bicyclic) bond motifs is 1. The SMILES string of the molecule is CC(=O)Oc1ccc(CON2S(=O)(=O)c3ccccc3S2(=O)=O)cc1. The number of benzene rings is 2. The van der Waals surface area contributed by atoms with E-state index in [2.05, 4.69) is 0 Å². The molecule has 0 spiro atoms. The molecule has 0 bridgehead atoms. The molecule has 0 saturated heterocycles. The van der Waals surface area contributed by atoms with Crippen molar-refractivity contribution < 1.29 is 31.2 Å². The monoisotopic (exact) mass is 383 g/mol. The summed E-state index contributed by atoms with van der Waals surface area (Å²) < 4.78 is 54.3. The summed E-state index contributed by atoms with van der Waals surface area (Å²) in [6.07, 6.45) is 0. The largest absolute Gasteiger partial charge is 0.427 e. The molecule has 0 aliphatic carbocycles. The Morgan fingerprint density at radius 2 is 1.44 bits per heavy atom. The lowest BCUT2D eigenvalue weighted by atomic mass is 10.2. The second kappa shape index (κ2) is 6.23. The first-order chi connectivity index (χ1) is 11.7. The van der Waals surface area contributed by atoms with Crippen molar-refractivity contribution in [2.24, 2.45) is 0 Å². The van der Waals surface area contributed by atoms with E-state index in [9.17, 15) is 21.6 Å². The maximum absolute atomic E-state index is 12.4. The zero-order chi connectivity index (χ0) is 18.2. The van der Waals surface area contributed by atoms with Gasteiger partial charge in [0.2, 0.25) is 0 Å². The van der Waals surface area contributed by atoms with Gasteiger partial charge in [0.25, 0.3) is 20.0 Å². The topological polar surface area (TPSA) is 107 Å². The van der Waals surface area contributed by atoms with E-state index in [1.54, 1.807) is 0 Å². The van der Waals surface area contributed by atoms with E-state index in [1.165, 1.54) is 55.5 Å². The van der Waals surface area contributed by atoms with E-state index >= 15 is 0 Å². The Kier molecular flexibility index (Phi) is 4.37. The van der Waals surface area contributed by atoms with Crippen LogP contribution in [-0.4, -0.2) is 26.7 Å². The smallest absolute Gasteiger partial charge is 0.308 e. The highest BCUT2D eigenvalue weighted by Gasteiger charge is 2.48. The zero-order valence-corrected chi connectivity index (χ0v) is 14.6. The molecule has 2 aromatic rings. The number of carbonyl (C=O) groups excluding carboxylic acids is 1. The van der Waals surface area contributed by atoms with Crippen LogP contribution in [0.5, 0.6) is 5.75 Å². The summed E-state index contributed by atoms with van der Waals surface area (Å²) in [5.74, 6) is -0.166. The number of rotatable bonds is 4. The van der Waals surface area contributed by atoms with Crippen molar-refractivity contribution in [2.75, 3.05) is 0 Å². The molecule has 10 heteroatoms. The van der Waals surface area contributed by atoms with E-state index in [-0.39, 0.29) is 20.3 Å². The van der Waals surface area contributed by atoms with Crippen molar-refractivity contribution >= 4 is 26.0 Å². The molecule has 1 aliphatic heterocycles. The first kappa shape index (κ1) is 17.5. The highest BCUT2D eigenvalue weighted by Crippen LogP contribution is 2.36. The molecule has 0 fully saturated rings. The fraction of sp³-hybridized carbons (Fsp3) is 0.133. The first-order valence-corrected chi connectivity index (χ1v) is 9.91. The Balaban J connectivity index is 1.81. The molecule has 0 amide bonds. The maximum atomic E-state index is 12.4. The van der Waals surface area contributed by atoms with Crippen LogP contribution in [0.25, 0.3) is 0 Å². The number of carbonyl (C=O) groups is 1. The quantitative estimate of drug-likeness (QED) is 0.581. The van der Waals surface area contributed by atoms with Gasteiger partial charge in [-0.25, -0.2) is 16.8 Å². The Bertz CT molecular complexity index is 975. The van der Waals surface area contributed by atoms with Gasteiger partial charge in [0.05, 0.1) is 6.61 Å². The van der Waals surface area contributed by atoms with E-state index in [0.29, 0.717) is 11.3 Å². The van der Waals surface area contributed by atoms with Crippen LogP contribution in [0.1, 0.15) is 12.5 Å². The van der Waals surface area contributed by atoms with Crippen LogP contribution in [-0.2, 0) is 36.3 Å². The van der Waals surface area contributed by atoms with Crippen LogP contribution < -0.4 is 4.74 Å². The molecule has 0 aromatic heterocycles. The molecule has 0 radical (unpaired) electrons. The predicted octanol–water partition coefficient (Wildman–Crippen LogP) is 1.44. The van der Waals surface area contributed by atoms with Crippen molar-refractivity contribution in [2.45, 2.75) is 23.3 Å². The van der Waals surface area contributed by atoms with Crippen LogP contribution in [0.15, 0.2) is 58.3 Å². The third-order valence-electron chi connectivity index (χ3n) is 3.32. The van der Waals surface area contributed by atoms with E-state index in [0.717, 1.165) is 0 Å². The molecule has 0 saturated carbocycles. The molecular formula is C15H13NO7S2. The van der Waals surface area contributed by atoms with Gasteiger partial charge in [0.1, 0.15) is 15.5 Å². The lowest BCUT2D eigenvalue weighted by molar-refractivity contribution is -0.131. The summed E-state index contributed by atoms with van der Waals surface area (Å²) in [6, 6.07) is 11.3. The minimum atomic E-state index is -4.29. The Hall–Kier alpha value is -2.27. The number of hydrogen-bond donors (Lipinski definition) is 0. The molecule has 0 unspecified atom stereocenters. The third kappa shape index (κ3) is 3.16. The Labute approximate surface area is 144 Å². The fourth-order valence-electron chi connectivity index (χ4n) is 2.25. The van der Waals surface area contributed by atoms with Gasteiger partial charge < -0.3 is 4.74 Å². The first-order valence-electron chi connectivity index (χ1n) is 7.03. The van der Waals surface area contributed by atoms with Crippen LogP contribution >= 0.6 is 0 Å². The van der Waals surface area contributed by atoms with Crippen molar-refractivity contribution in [3.05, 3.63) is 54.1 Å². The third-order valence-corrected chi connectivity index (χ3v) is 7.45. The van der Waals surface area contributed by atoms with Gasteiger partial charge in [-0.1, -0.05) is 24.3 Å². The van der Waals surface area contributed by atoms with E-state index in [1.807, 2.05) is 0 Å². The highest BCUT2D eigenvalue weighted by atomic mass is 32.3. The van der Waals surface area contributed by atoms with Crippen molar-refractivity contribution in [3.8, 4) is 5.75 Å². The molecule has 0 atom stereocenters. The van der Waals surface area contributed by atoms with Crippen LogP contribution in [0.3, 0.4) is 0 Å². The second-order valence-electron chi connectivity index (χ2n) is 5.13. The average Bonchev–Trinajstić information content (AvgIpc) is 2.70. The zero-order valence-electron chi connectivity index (χ0n) is 12.9. The number of nitrogens with zero attached hydrogens (tertiary/aromatic N) is 1. The summed E-state index contributed by atoms with van der Waals surface area (Å²) >= 11 is 0. The van der Waals surface area contributed by atoms with Crippen molar-refractivity contribution in [1.82, 2.24) is 3.87 Å². The van der Waals surface area contributed by atoms with Crippen LogP contribution in [0, 0.1) is 0 Å². The van der Waals surface area contributed by atoms with Gasteiger partial charge in [-0.15, -0.1) is 0 Å². The average molecular weight is 383 g/mol. The lowest BCUT2D eigenvalue weighted by Gasteiger charge is -2.13. The molecule has 3 rings (SSSR count). The van der Waals surface area contributed by atoms with Gasteiger partial charge >= 0.3 is 5.97 Å². The number of sulfonamides is 2. The van der Waals surface area contributed by atoms with Gasteiger partial charge in [-0.2, -0.15) is 0 Å². The minimum absolute atomic E-state index is 0.0324. The maximum Gasteiger partial charge on any atom is 0.308 e. The van der Waals surface area contributed by atoms with Crippen LogP contribution in [0.4, 0.5) is 0 Å². The van der Waals surface area contributed by atoms with Crippen molar-refractivity contribution in [1.29, 1.82) is 0 Å². The minimum Gasteiger partial charge on any atom is -0.427 e. The molecule has 0 N–H and O–H groups in total. The van der Waals surface area contributed by atoms with Gasteiger partial charge in [0.15, 0.2) is 0 Å². The molecule has 25 heavy (non-hydrogen) atoms. The molecule has 2 aromatic carbocycles. The van der Waals surface area contributed by atoms with Crippen LogP contribution in [0.2, 0.25) is 0 Å².